The van der Waals surface area contributed by atoms with Gasteiger partial charge in [-0.3, -0.25) is 9.78 Å². The highest BCUT2D eigenvalue weighted by Crippen LogP contribution is 2.24. The molecule has 0 spiro atoms. The molecule has 1 aliphatic heterocycles. The van der Waals surface area contributed by atoms with Crippen molar-refractivity contribution in [3.05, 3.63) is 54.0 Å². The van der Waals surface area contributed by atoms with Crippen LogP contribution in [-0.4, -0.2) is 40.5 Å². The van der Waals surface area contributed by atoms with E-state index in [1.54, 1.807) is 24.5 Å². The average Bonchev–Trinajstić information content (AvgIpc) is 3.04. The molecule has 2 aromatic rings. The summed E-state index contributed by atoms with van der Waals surface area (Å²) < 4.78 is 5.47. The van der Waals surface area contributed by atoms with Gasteiger partial charge >= 0.3 is 0 Å². The van der Waals surface area contributed by atoms with Crippen molar-refractivity contribution in [1.82, 2.24) is 14.9 Å². The van der Waals surface area contributed by atoms with E-state index in [1.807, 2.05) is 24.1 Å². The molecule has 0 saturated carbocycles. The normalized spacial score (nSPS) is 17.3. The van der Waals surface area contributed by atoms with Crippen LogP contribution in [0.2, 0.25) is 0 Å². The highest BCUT2D eigenvalue weighted by molar-refractivity contribution is 5.96. The first-order chi connectivity index (χ1) is 11.3. The van der Waals surface area contributed by atoms with E-state index in [-0.39, 0.29) is 5.91 Å². The Morgan fingerprint density at radius 2 is 2.22 bits per heavy atom. The molecule has 1 saturated heterocycles. The monoisotopic (exact) mass is 311 g/mol. The van der Waals surface area contributed by atoms with E-state index in [0.29, 0.717) is 24.0 Å². The summed E-state index contributed by atoms with van der Waals surface area (Å²) in [5, 5.41) is 0. The lowest BCUT2D eigenvalue weighted by atomic mass is 10.00. The third-order valence-electron chi connectivity index (χ3n) is 4.10. The minimum Gasteiger partial charge on any atom is -0.477 e. The largest absolute Gasteiger partial charge is 0.477 e. The molecule has 3 heterocycles. The number of aromatic nitrogens is 2. The number of carbonyl (C=O) groups excluding carboxylic acids is 1. The number of pyridine rings is 2. The summed E-state index contributed by atoms with van der Waals surface area (Å²) in [4.78, 5) is 23.0. The molecule has 0 aromatic carbocycles. The molecule has 0 N–H and O–H groups in total. The second kappa shape index (κ2) is 7.22. The third kappa shape index (κ3) is 3.67. The van der Waals surface area contributed by atoms with Gasteiger partial charge in [0.05, 0.1) is 6.61 Å². The van der Waals surface area contributed by atoms with E-state index in [9.17, 15) is 4.79 Å². The Labute approximate surface area is 136 Å². The van der Waals surface area contributed by atoms with Crippen molar-refractivity contribution >= 4 is 5.91 Å². The van der Waals surface area contributed by atoms with Gasteiger partial charge in [0.1, 0.15) is 5.56 Å². The fraction of sp³-hybridized carbons (Fsp3) is 0.389. The summed E-state index contributed by atoms with van der Waals surface area (Å²) in [6.07, 6.45) is 7.31. The maximum Gasteiger partial charge on any atom is 0.259 e. The van der Waals surface area contributed by atoms with Gasteiger partial charge in [0.15, 0.2) is 0 Å². The van der Waals surface area contributed by atoms with Crippen molar-refractivity contribution in [3.8, 4) is 5.88 Å². The van der Waals surface area contributed by atoms with Gasteiger partial charge in [-0.25, -0.2) is 4.98 Å². The van der Waals surface area contributed by atoms with Crippen LogP contribution < -0.4 is 4.74 Å². The lowest BCUT2D eigenvalue weighted by Crippen LogP contribution is -2.29. The highest BCUT2D eigenvalue weighted by atomic mass is 16.5. The molecular formula is C18H21N3O2. The maximum absolute atomic E-state index is 12.7. The Kier molecular flexibility index (Phi) is 4.86. The number of rotatable bonds is 5. The number of carbonyl (C=O) groups is 1. The summed E-state index contributed by atoms with van der Waals surface area (Å²) in [6, 6.07) is 7.61. The Balaban J connectivity index is 1.66. The average molecular weight is 311 g/mol. The lowest BCUT2D eigenvalue weighted by Gasteiger charge is -2.18. The van der Waals surface area contributed by atoms with Crippen LogP contribution in [0.1, 0.15) is 29.3 Å². The summed E-state index contributed by atoms with van der Waals surface area (Å²) >= 11 is 0. The molecule has 1 unspecified atom stereocenters. The number of amides is 1. The molecule has 0 aliphatic carbocycles. The van der Waals surface area contributed by atoms with Gasteiger partial charge in [0.2, 0.25) is 5.88 Å². The van der Waals surface area contributed by atoms with Crippen molar-refractivity contribution in [2.45, 2.75) is 19.8 Å². The zero-order chi connectivity index (χ0) is 16.1. The number of ether oxygens (including phenoxy) is 1. The predicted octanol–water partition coefficient (Wildman–Crippen LogP) is 2.58. The fourth-order valence-electron chi connectivity index (χ4n) is 3.01. The van der Waals surface area contributed by atoms with E-state index >= 15 is 0 Å². The molecule has 1 aliphatic rings. The predicted molar refractivity (Wildman–Crippen MR) is 87.4 cm³/mol. The van der Waals surface area contributed by atoms with Crippen LogP contribution in [0.15, 0.2) is 42.9 Å². The molecule has 1 amide bonds. The molecule has 1 fully saturated rings. The second-order valence-corrected chi connectivity index (χ2v) is 5.76. The quantitative estimate of drug-likeness (QED) is 0.851. The van der Waals surface area contributed by atoms with Crippen LogP contribution in [0, 0.1) is 5.92 Å². The number of nitrogens with zero attached hydrogens (tertiary/aromatic N) is 3. The Bertz CT molecular complexity index is 660. The minimum atomic E-state index is 0.00948. The van der Waals surface area contributed by atoms with Gasteiger partial charge in [-0.2, -0.15) is 0 Å². The van der Waals surface area contributed by atoms with Crippen LogP contribution in [0.4, 0.5) is 0 Å². The molecule has 5 nitrogen and oxygen atoms in total. The third-order valence-corrected chi connectivity index (χ3v) is 4.10. The van der Waals surface area contributed by atoms with Crippen molar-refractivity contribution < 1.29 is 9.53 Å². The Morgan fingerprint density at radius 1 is 1.35 bits per heavy atom. The first-order valence-corrected chi connectivity index (χ1v) is 8.04. The fourth-order valence-corrected chi connectivity index (χ4v) is 3.01. The van der Waals surface area contributed by atoms with Crippen LogP contribution in [0.3, 0.4) is 0 Å². The molecule has 1 atom stereocenters. The molecule has 5 heteroatoms. The van der Waals surface area contributed by atoms with Gasteiger partial charge in [0, 0.05) is 31.7 Å². The molecule has 120 valence electrons. The summed E-state index contributed by atoms with van der Waals surface area (Å²) in [5.74, 6) is 0.918. The highest BCUT2D eigenvalue weighted by Gasteiger charge is 2.28. The summed E-state index contributed by atoms with van der Waals surface area (Å²) in [5.41, 5.74) is 1.78. The molecule has 0 radical (unpaired) electrons. The molecule has 0 bridgehead atoms. The van der Waals surface area contributed by atoms with Gasteiger partial charge in [-0.1, -0.05) is 6.07 Å². The van der Waals surface area contributed by atoms with Gasteiger partial charge in [0.25, 0.3) is 5.91 Å². The number of hydrogen-bond acceptors (Lipinski definition) is 4. The van der Waals surface area contributed by atoms with Crippen molar-refractivity contribution in [2.75, 3.05) is 19.7 Å². The van der Waals surface area contributed by atoms with Crippen molar-refractivity contribution in [3.63, 3.8) is 0 Å². The first-order valence-electron chi connectivity index (χ1n) is 8.04. The van der Waals surface area contributed by atoms with E-state index in [1.165, 1.54) is 5.56 Å². The number of likely N-dealkylation sites (tertiary alicyclic amines) is 1. The zero-order valence-electron chi connectivity index (χ0n) is 13.3. The van der Waals surface area contributed by atoms with Gasteiger partial charge < -0.3 is 9.64 Å². The standard InChI is InChI=1S/C18H21N3O2/c1-2-23-17-16(6-4-9-20-17)18(22)21-10-7-15(13-21)11-14-5-3-8-19-12-14/h3-6,8-9,12,15H,2,7,10-11,13H2,1H3. The smallest absolute Gasteiger partial charge is 0.259 e. The van der Waals surface area contributed by atoms with Gasteiger partial charge in [-0.05, 0) is 49.4 Å². The summed E-state index contributed by atoms with van der Waals surface area (Å²) in [6.45, 7) is 3.95. The van der Waals surface area contributed by atoms with Crippen molar-refractivity contribution in [1.29, 1.82) is 0 Å². The zero-order valence-corrected chi connectivity index (χ0v) is 13.3. The minimum absolute atomic E-state index is 0.00948. The maximum atomic E-state index is 12.7. The SMILES string of the molecule is CCOc1ncccc1C(=O)N1CCC(Cc2cccnc2)C1. The Morgan fingerprint density at radius 3 is 3.00 bits per heavy atom. The van der Waals surface area contributed by atoms with Gasteiger partial charge in [-0.15, -0.1) is 0 Å². The molecule has 3 rings (SSSR count). The van der Waals surface area contributed by atoms with E-state index < -0.39 is 0 Å². The van der Waals surface area contributed by atoms with E-state index in [4.69, 9.17) is 4.74 Å². The van der Waals surface area contributed by atoms with E-state index in [2.05, 4.69) is 16.0 Å². The molecule has 2 aromatic heterocycles. The van der Waals surface area contributed by atoms with Crippen LogP contribution >= 0.6 is 0 Å². The van der Waals surface area contributed by atoms with Crippen molar-refractivity contribution in [2.24, 2.45) is 5.92 Å². The topological polar surface area (TPSA) is 55.3 Å². The van der Waals surface area contributed by atoms with Crippen LogP contribution in [-0.2, 0) is 6.42 Å². The lowest BCUT2D eigenvalue weighted by molar-refractivity contribution is 0.0782. The summed E-state index contributed by atoms with van der Waals surface area (Å²) in [7, 11) is 0. The second-order valence-electron chi connectivity index (χ2n) is 5.76. The molecule has 23 heavy (non-hydrogen) atoms. The van der Waals surface area contributed by atoms with E-state index in [0.717, 1.165) is 25.9 Å². The Hall–Kier alpha value is -2.43. The van der Waals surface area contributed by atoms with Crippen LogP contribution in [0.5, 0.6) is 5.88 Å². The first kappa shape index (κ1) is 15.5. The molecular weight excluding hydrogens is 290 g/mol. The van der Waals surface area contributed by atoms with Crippen LogP contribution in [0.25, 0.3) is 0 Å². The number of hydrogen-bond donors (Lipinski definition) is 0.